The number of carbonyl (C=O) groups excluding carboxylic acids is 1. The van der Waals surface area contributed by atoms with E-state index in [4.69, 9.17) is 14.9 Å². The van der Waals surface area contributed by atoms with Crippen molar-refractivity contribution in [3.05, 3.63) is 36.0 Å². The number of hydrogen-bond acceptors (Lipinski definition) is 5. The van der Waals surface area contributed by atoms with Gasteiger partial charge in [0.05, 0.1) is 12.2 Å². The van der Waals surface area contributed by atoms with E-state index in [0.29, 0.717) is 12.4 Å². The number of rotatable bonds is 8. The number of phenols is 1. The Morgan fingerprint density at radius 3 is 2.83 bits per heavy atom. The molecule has 0 unspecified atom stereocenters. The topological polar surface area (TPSA) is 105 Å². The van der Waals surface area contributed by atoms with Crippen molar-refractivity contribution in [1.29, 1.82) is 0 Å². The van der Waals surface area contributed by atoms with Crippen LogP contribution in [-0.4, -0.2) is 43.2 Å². The van der Waals surface area contributed by atoms with Gasteiger partial charge in [-0.05, 0) is 26.0 Å². The fourth-order valence-electron chi connectivity index (χ4n) is 1.79. The van der Waals surface area contributed by atoms with Gasteiger partial charge in [-0.25, -0.2) is 10.1 Å². The van der Waals surface area contributed by atoms with Crippen LogP contribution in [0.2, 0.25) is 0 Å². The molecule has 0 heterocycles. The molecule has 1 atom stereocenters. The molecule has 7 nitrogen and oxygen atoms in total. The van der Waals surface area contributed by atoms with Gasteiger partial charge in [-0.1, -0.05) is 0 Å². The van der Waals surface area contributed by atoms with Gasteiger partial charge in [-0.15, -0.1) is 0 Å². The lowest BCUT2D eigenvalue weighted by molar-refractivity contribution is -0.115. The second-order valence-electron chi connectivity index (χ2n) is 4.90. The number of aromatic hydroxyl groups is 1. The van der Waals surface area contributed by atoms with Gasteiger partial charge in [-0.2, -0.15) is 0 Å². The van der Waals surface area contributed by atoms with Crippen molar-refractivity contribution in [2.45, 2.75) is 20.0 Å². The second kappa shape index (κ2) is 9.47. The highest BCUT2D eigenvalue weighted by Gasteiger charge is 2.16. The third kappa shape index (κ3) is 6.84. The summed E-state index contributed by atoms with van der Waals surface area (Å²) in [6.45, 7) is 4.92. The largest absolute Gasteiger partial charge is 0.508 e. The van der Waals surface area contributed by atoms with Crippen LogP contribution < -0.4 is 20.8 Å². The first kappa shape index (κ1) is 18.5. The standard InChI is InChI=1S/C16H23N3O4/c1-4-18-6-5-15(17)19-16(21)12-7-13(20)9-14(8-12)23-11(2)10-22-3/h5-9,11,18,20H,4,10H2,1-3H3,(H2,17,19,21)/p+1/b6-5-/t11-/m0/s1. The molecule has 1 amide bonds. The van der Waals surface area contributed by atoms with E-state index in [2.05, 4.69) is 10.6 Å². The number of ether oxygens (including phenoxy) is 2. The molecule has 1 aromatic rings. The third-order valence-electron chi connectivity index (χ3n) is 2.73. The number of nitrogens with one attached hydrogen (secondary N) is 2. The number of nitrogens with two attached hydrogens (primary N) is 1. The third-order valence-corrected chi connectivity index (χ3v) is 2.73. The molecule has 0 saturated heterocycles. The lowest BCUT2D eigenvalue weighted by Gasteiger charge is -2.14. The van der Waals surface area contributed by atoms with Crippen molar-refractivity contribution in [3.63, 3.8) is 0 Å². The Bertz CT molecular complexity index is 572. The van der Waals surface area contributed by atoms with E-state index in [9.17, 15) is 9.90 Å². The van der Waals surface area contributed by atoms with Crippen molar-refractivity contribution in [1.82, 2.24) is 10.6 Å². The van der Waals surface area contributed by atoms with Crippen molar-refractivity contribution in [2.24, 2.45) is 0 Å². The fraction of sp³-hybridized carbons (Fsp3) is 0.375. The fourth-order valence-corrected chi connectivity index (χ4v) is 1.79. The first-order chi connectivity index (χ1) is 11.0. The summed E-state index contributed by atoms with van der Waals surface area (Å²) in [4.78, 5) is 12.1. The van der Waals surface area contributed by atoms with Crippen molar-refractivity contribution < 1.29 is 24.8 Å². The number of methoxy groups -OCH3 is 1. The summed E-state index contributed by atoms with van der Waals surface area (Å²) in [6.07, 6.45) is 2.97. The summed E-state index contributed by atoms with van der Waals surface area (Å²) < 4.78 is 10.6. The number of carbonyl (C=O) groups is 1. The lowest BCUT2D eigenvalue weighted by Crippen LogP contribution is -2.49. The Balaban J connectivity index is 2.77. The zero-order valence-electron chi connectivity index (χ0n) is 13.6. The van der Waals surface area contributed by atoms with E-state index >= 15 is 0 Å². The maximum Gasteiger partial charge on any atom is 0.339 e. The van der Waals surface area contributed by atoms with Gasteiger partial charge < -0.3 is 19.9 Å². The van der Waals surface area contributed by atoms with Crippen LogP contribution >= 0.6 is 0 Å². The number of phenolic OH excluding ortho intramolecular Hbond substituents is 1. The van der Waals surface area contributed by atoms with Crippen LogP contribution in [0.5, 0.6) is 11.5 Å². The van der Waals surface area contributed by atoms with Crippen molar-refractivity contribution >= 4 is 11.7 Å². The van der Waals surface area contributed by atoms with E-state index < -0.39 is 5.91 Å². The minimum atomic E-state index is -0.441. The summed E-state index contributed by atoms with van der Waals surface area (Å²) in [7, 11) is 1.57. The average Bonchev–Trinajstić information content (AvgIpc) is 2.47. The summed E-state index contributed by atoms with van der Waals surface area (Å²) in [5.74, 6) is 0.0544. The Morgan fingerprint density at radius 2 is 2.17 bits per heavy atom. The number of amidine groups is 1. The first-order valence-electron chi connectivity index (χ1n) is 7.29. The molecule has 1 rings (SSSR count). The predicted octanol–water partition coefficient (Wildman–Crippen LogP) is -0.183. The maximum absolute atomic E-state index is 12.1. The molecule has 0 radical (unpaired) electrons. The number of hydrogen-bond donors (Lipinski definition) is 4. The minimum absolute atomic E-state index is 0.0703. The lowest BCUT2D eigenvalue weighted by atomic mass is 10.2. The maximum atomic E-state index is 12.1. The molecule has 0 spiro atoms. The summed E-state index contributed by atoms with van der Waals surface area (Å²) >= 11 is 0. The van der Waals surface area contributed by atoms with E-state index in [0.717, 1.165) is 6.54 Å². The summed E-state index contributed by atoms with van der Waals surface area (Å²) in [5.41, 5.74) is 0.240. The molecule has 0 aromatic heterocycles. The van der Waals surface area contributed by atoms with E-state index in [1.807, 2.05) is 13.8 Å². The molecule has 0 bridgehead atoms. The normalized spacial score (nSPS) is 12.0. The van der Waals surface area contributed by atoms with Gasteiger partial charge >= 0.3 is 5.91 Å². The Kier molecular flexibility index (Phi) is 7.62. The molecule has 0 fully saturated rings. The molecule has 126 valence electrons. The highest BCUT2D eigenvalue weighted by atomic mass is 16.5. The molecular formula is C16H24N3O4+. The molecule has 0 aliphatic heterocycles. The van der Waals surface area contributed by atoms with Gasteiger partial charge in [-0.3, -0.25) is 5.41 Å². The number of amides is 1. The predicted molar refractivity (Wildman–Crippen MR) is 87.3 cm³/mol. The molecule has 1 aromatic carbocycles. The van der Waals surface area contributed by atoms with Crippen molar-refractivity contribution in [2.75, 3.05) is 20.3 Å². The van der Waals surface area contributed by atoms with Crippen LogP contribution in [0.25, 0.3) is 0 Å². The SMILES string of the molecule is CCN/C=C\C(=[NH2+])NC(=O)c1cc(O)cc(O[C@@H](C)COC)c1. The van der Waals surface area contributed by atoms with Crippen molar-refractivity contribution in [3.8, 4) is 11.5 Å². The van der Waals surface area contributed by atoms with Gasteiger partial charge in [0.1, 0.15) is 17.6 Å². The van der Waals surface area contributed by atoms with Crippen LogP contribution in [-0.2, 0) is 4.74 Å². The smallest absolute Gasteiger partial charge is 0.339 e. The molecule has 7 heteroatoms. The van der Waals surface area contributed by atoms with Gasteiger partial charge in [0, 0.05) is 32.0 Å². The van der Waals surface area contributed by atoms with Gasteiger partial charge in [0.15, 0.2) is 0 Å². The van der Waals surface area contributed by atoms with Gasteiger partial charge in [0.2, 0.25) is 0 Å². The molecule has 5 N–H and O–H groups in total. The van der Waals surface area contributed by atoms with E-state index in [1.54, 1.807) is 19.4 Å². The van der Waals surface area contributed by atoms with Crippen LogP contribution in [0.1, 0.15) is 24.2 Å². The summed E-state index contributed by atoms with van der Waals surface area (Å²) in [6, 6.07) is 4.30. The quantitative estimate of drug-likeness (QED) is 0.392. The monoisotopic (exact) mass is 322 g/mol. The average molecular weight is 322 g/mol. The molecular weight excluding hydrogens is 298 g/mol. The second-order valence-corrected chi connectivity index (χ2v) is 4.90. The Labute approximate surface area is 135 Å². The highest BCUT2D eigenvalue weighted by Crippen LogP contribution is 2.22. The van der Waals surface area contributed by atoms with Gasteiger partial charge in [0.25, 0.3) is 5.84 Å². The van der Waals surface area contributed by atoms with E-state index in [1.165, 1.54) is 18.2 Å². The Hall–Kier alpha value is -2.54. The molecule has 0 aliphatic carbocycles. The molecule has 0 saturated carbocycles. The highest BCUT2D eigenvalue weighted by molar-refractivity contribution is 6.08. The van der Waals surface area contributed by atoms with Crippen LogP contribution in [0.3, 0.4) is 0 Å². The molecule has 23 heavy (non-hydrogen) atoms. The number of benzene rings is 1. The zero-order valence-corrected chi connectivity index (χ0v) is 13.6. The Morgan fingerprint density at radius 1 is 1.43 bits per heavy atom. The minimum Gasteiger partial charge on any atom is -0.508 e. The van der Waals surface area contributed by atoms with E-state index in [-0.39, 0.29) is 23.3 Å². The van der Waals surface area contributed by atoms with Crippen LogP contribution in [0.4, 0.5) is 0 Å². The molecule has 0 aliphatic rings. The first-order valence-corrected chi connectivity index (χ1v) is 7.29. The van der Waals surface area contributed by atoms with Crippen LogP contribution in [0, 0.1) is 0 Å². The summed E-state index contributed by atoms with van der Waals surface area (Å²) in [5, 5.41) is 20.9. The zero-order chi connectivity index (χ0) is 17.2. The van der Waals surface area contributed by atoms with Crippen LogP contribution in [0.15, 0.2) is 30.5 Å².